The molecule has 1 aromatic rings. The molecule has 0 amide bonds. The van der Waals surface area contributed by atoms with Gasteiger partial charge in [0.05, 0.1) is 6.04 Å². The van der Waals surface area contributed by atoms with Gasteiger partial charge in [0.1, 0.15) is 17.5 Å². The van der Waals surface area contributed by atoms with E-state index in [0.29, 0.717) is 18.9 Å². The first-order valence-electron chi connectivity index (χ1n) is 10.7. The molecule has 1 spiro atoms. The van der Waals surface area contributed by atoms with Gasteiger partial charge in [0, 0.05) is 24.8 Å². The van der Waals surface area contributed by atoms with Gasteiger partial charge < -0.3 is 5.73 Å². The second-order valence-electron chi connectivity index (χ2n) is 8.06. The molecule has 0 atom stereocenters. The van der Waals surface area contributed by atoms with E-state index in [2.05, 4.69) is 29.2 Å². The van der Waals surface area contributed by atoms with Gasteiger partial charge in [0.15, 0.2) is 0 Å². The number of carbonyl (C=O) groups excluding carboxylic acids is 2. The van der Waals surface area contributed by atoms with E-state index in [9.17, 15) is 9.59 Å². The summed E-state index contributed by atoms with van der Waals surface area (Å²) < 4.78 is 0. The van der Waals surface area contributed by atoms with Gasteiger partial charge in [-0.1, -0.05) is 19.8 Å². The van der Waals surface area contributed by atoms with Gasteiger partial charge >= 0.3 is 0 Å². The highest BCUT2D eigenvalue weighted by Crippen LogP contribution is 2.48. The highest BCUT2D eigenvalue weighted by molar-refractivity contribution is 6.15. The largest absolute Gasteiger partial charge is 0.355 e. The summed E-state index contributed by atoms with van der Waals surface area (Å²) in [5.41, 5.74) is 7.92. The van der Waals surface area contributed by atoms with Crippen molar-refractivity contribution < 1.29 is 15.3 Å². The topological polar surface area (TPSA) is 61.8 Å². The number of hydrogen-bond donors (Lipinski definition) is 1. The molecule has 2 saturated carbocycles. The molecule has 3 rings (SSSR count). The first-order chi connectivity index (χ1) is 13.8. The van der Waals surface area contributed by atoms with Crippen LogP contribution in [0.1, 0.15) is 87.5 Å². The molecule has 1 aromatic carbocycles. The van der Waals surface area contributed by atoms with Crippen molar-refractivity contribution in [3.05, 3.63) is 34.4 Å². The Bertz CT molecular complexity index is 737. The Hall–Kier alpha value is -1.63. The molecule has 0 aromatic heterocycles. The Morgan fingerprint density at radius 1 is 1.00 bits per heavy atom. The third-order valence-electron chi connectivity index (χ3n) is 6.06. The SMILES string of the molecule is CC.CC#Cc1cc(C)c(C2C(=O)CC3(CCC([NH3+])CC3)CC2=O)c(C)c1.CCl. The predicted molar refractivity (Wildman–Crippen MR) is 121 cm³/mol. The molecule has 3 nitrogen and oxygen atoms in total. The Balaban J connectivity index is 0.000000989. The average molecular weight is 419 g/mol. The fraction of sp³-hybridized carbons (Fsp3) is 0.600. The molecule has 0 saturated heterocycles. The zero-order valence-electron chi connectivity index (χ0n) is 19.0. The number of quaternary nitrogens is 1. The zero-order chi connectivity index (χ0) is 22.2. The van der Waals surface area contributed by atoms with Crippen molar-refractivity contribution in [2.24, 2.45) is 5.41 Å². The first-order valence-corrected chi connectivity index (χ1v) is 11.4. The molecule has 4 heteroatoms. The van der Waals surface area contributed by atoms with Crippen LogP contribution in [0.2, 0.25) is 0 Å². The van der Waals surface area contributed by atoms with Crippen LogP contribution in [-0.2, 0) is 9.59 Å². The van der Waals surface area contributed by atoms with E-state index >= 15 is 0 Å². The van der Waals surface area contributed by atoms with Crippen LogP contribution in [-0.4, -0.2) is 24.0 Å². The van der Waals surface area contributed by atoms with Crippen molar-refractivity contribution in [3.8, 4) is 11.8 Å². The number of benzene rings is 1. The predicted octanol–water partition coefficient (Wildman–Crippen LogP) is 4.74. The number of halogens is 1. The van der Waals surface area contributed by atoms with E-state index < -0.39 is 5.92 Å². The van der Waals surface area contributed by atoms with Crippen molar-refractivity contribution in [2.45, 2.75) is 85.1 Å². The lowest BCUT2D eigenvalue weighted by Gasteiger charge is -2.42. The summed E-state index contributed by atoms with van der Waals surface area (Å²) in [5, 5.41) is 0. The highest BCUT2D eigenvalue weighted by atomic mass is 35.5. The highest BCUT2D eigenvalue weighted by Gasteiger charge is 2.47. The van der Waals surface area contributed by atoms with Crippen LogP contribution < -0.4 is 5.73 Å². The molecule has 0 heterocycles. The fourth-order valence-corrected chi connectivity index (χ4v) is 4.80. The summed E-state index contributed by atoms with van der Waals surface area (Å²) in [6, 6.07) is 4.47. The summed E-state index contributed by atoms with van der Waals surface area (Å²) in [4.78, 5) is 26.0. The van der Waals surface area contributed by atoms with Gasteiger partial charge in [0.2, 0.25) is 0 Å². The Morgan fingerprint density at radius 3 is 1.86 bits per heavy atom. The van der Waals surface area contributed by atoms with Crippen LogP contribution in [0.15, 0.2) is 12.1 Å². The number of hydrogen-bond acceptors (Lipinski definition) is 2. The lowest BCUT2D eigenvalue weighted by atomic mass is 9.60. The van der Waals surface area contributed by atoms with Gasteiger partial charge in [-0.2, -0.15) is 0 Å². The molecular weight excluding hydrogens is 382 g/mol. The smallest absolute Gasteiger partial charge is 0.148 e. The molecule has 0 unspecified atom stereocenters. The Morgan fingerprint density at radius 2 is 1.45 bits per heavy atom. The Labute approximate surface area is 181 Å². The summed E-state index contributed by atoms with van der Waals surface area (Å²) >= 11 is 4.64. The molecule has 3 N–H and O–H groups in total. The maximum Gasteiger partial charge on any atom is 0.148 e. The molecule has 2 fully saturated rings. The third-order valence-corrected chi connectivity index (χ3v) is 6.06. The maximum atomic E-state index is 13.0. The third kappa shape index (κ3) is 5.93. The molecule has 29 heavy (non-hydrogen) atoms. The van der Waals surface area contributed by atoms with E-state index in [-0.39, 0.29) is 17.0 Å². The van der Waals surface area contributed by atoms with Crippen molar-refractivity contribution in [1.82, 2.24) is 0 Å². The molecule has 160 valence electrons. The van der Waals surface area contributed by atoms with E-state index in [1.54, 1.807) is 0 Å². The second kappa shape index (κ2) is 11.5. The van der Waals surface area contributed by atoms with Crippen LogP contribution in [0, 0.1) is 31.1 Å². The van der Waals surface area contributed by atoms with Gasteiger partial charge in [-0.05, 0) is 80.7 Å². The van der Waals surface area contributed by atoms with Crippen molar-refractivity contribution in [3.63, 3.8) is 0 Å². The molecule has 2 aliphatic carbocycles. The monoisotopic (exact) mass is 418 g/mol. The first kappa shape index (κ1) is 25.4. The van der Waals surface area contributed by atoms with E-state index in [4.69, 9.17) is 0 Å². The van der Waals surface area contributed by atoms with Crippen molar-refractivity contribution in [2.75, 3.05) is 6.38 Å². The lowest BCUT2D eigenvalue weighted by Crippen LogP contribution is -2.63. The summed E-state index contributed by atoms with van der Waals surface area (Å²) in [6.07, 6.45) is 6.57. The number of aryl methyl sites for hydroxylation is 2. The number of rotatable bonds is 1. The van der Waals surface area contributed by atoms with Crippen LogP contribution >= 0.6 is 11.6 Å². The zero-order valence-corrected chi connectivity index (χ0v) is 19.7. The number of alkyl halides is 1. The standard InChI is InChI=1S/C22H27NO2.C2H6.CH3Cl/c1-4-5-16-10-14(2)20(15(3)11-16)21-18(24)12-22(13-19(21)25)8-6-17(23)7-9-22;2*1-2/h10-11,17,21H,6-9,12-13,23H2,1-3H3;1-2H3;1H3/p+1. The molecule has 0 radical (unpaired) electrons. The van der Waals surface area contributed by atoms with Gasteiger partial charge in [-0.25, -0.2) is 0 Å². The number of carbonyl (C=O) groups is 2. The van der Waals surface area contributed by atoms with Gasteiger partial charge in [-0.15, -0.1) is 17.5 Å². The lowest BCUT2D eigenvalue weighted by molar-refractivity contribution is -0.428. The second-order valence-corrected chi connectivity index (χ2v) is 8.06. The minimum absolute atomic E-state index is 0.0890. The van der Waals surface area contributed by atoms with E-state index in [1.807, 2.05) is 46.8 Å². The quantitative estimate of drug-likeness (QED) is 0.406. The maximum absolute atomic E-state index is 13.0. The summed E-state index contributed by atoms with van der Waals surface area (Å²) in [5.74, 6) is 5.62. The molecule has 0 bridgehead atoms. The van der Waals surface area contributed by atoms with Crippen molar-refractivity contribution in [1.29, 1.82) is 0 Å². The number of ketones is 2. The van der Waals surface area contributed by atoms with Gasteiger partial charge in [-0.3, -0.25) is 9.59 Å². The number of Topliss-reactive ketones (excluding diaryl/α,β-unsaturated/α-hetero) is 2. The van der Waals surface area contributed by atoms with Crippen LogP contribution in [0.5, 0.6) is 0 Å². The van der Waals surface area contributed by atoms with Crippen LogP contribution in [0.25, 0.3) is 0 Å². The van der Waals surface area contributed by atoms with E-state index in [0.717, 1.165) is 47.9 Å². The fourth-order valence-electron chi connectivity index (χ4n) is 4.80. The molecular formula is C25H37ClNO2+. The minimum Gasteiger partial charge on any atom is -0.355 e. The Kier molecular flexibility index (Phi) is 10.1. The van der Waals surface area contributed by atoms with Crippen LogP contribution in [0.4, 0.5) is 0 Å². The van der Waals surface area contributed by atoms with Gasteiger partial charge in [0.25, 0.3) is 0 Å². The average Bonchev–Trinajstić information content (AvgIpc) is 2.69. The molecule has 0 aliphatic heterocycles. The normalized spacial score (nSPS) is 25.8. The summed E-state index contributed by atoms with van der Waals surface area (Å²) in [7, 11) is 0. The molecule has 2 aliphatic rings. The summed E-state index contributed by atoms with van der Waals surface area (Å²) in [6.45, 7) is 9.79. The van der Waals surface area contributed by atoms with Crippen molar-refractivity contribution >= 4 is 23.2 Å². The minimum atomic E-state index is -0.577. The van der Waals surface area contributed by atoms with Crippen LogP contribution in [0.3, 0.4) is 0 Å². The van der Waals surface area contributed by atoms with E-state index in [1.165, 1.54) is 6.38 Å².